The van der Waals surface area contributed by atoms with Gasteiger partial charge in [0.15, 0.2) is 0 Å². The minimum atomic E-state index is -0.950. The Bertz CT molecular complexity index is 578. The molecule has 1 fully saturated rings. The van der Waals surface area contributed by atoms with Gasteiger partial charge in [-0.1, -0.05) is 0 Å². The van der Waals surface area contributed by atoms with E-state index in [0.29, 0.717) is 69.9 Å². The van der Waals surface area contributed by atoms with Crippen molar-refractivity contribution in [3.8, 4) is 0 Å². The number of esters is 1. The third-order valence-electron chi connectivity index (χ3n) is 4.70. The average Bonchev–Trinajstić information content (AvgIpc) is 2.85. The minimum Gasteiger partial charge on any atom is -0.450 e. The lowest BCUT2D eigenvalue weighted by molar-refractivity contribution is -0.150. The highest BCUT2D eigenvalue weighted by Gasteiger charge is 2.51. The molecule has 2 rings (SSSR count). The summed E-state index contributed by atoms with van der Waals surface area (Å²) in [6.45, 7) is 8.02. The zero-order valence-electron chi connectivity index (χ0n) is 15.8. The molecule has 1 saturated heterocycles. The molecule has 2 amide bonds. The molecule has 8 heteroatoms. The molecule has 0 radical (unpaired) electrons. The van der Waals surface area contributed by atoms with Crippen LogP contribution in [0.2, 0.25) is 0 Å². The average molecular weight is 368 g/mol. The Balaban J connectivity index is 2.01. The maximum atomic E-state index is 12.7. The summed E-state index contributed by atoms with van der Waals surface area (Å²) < 4.78 is 15.9. The topological polar surface area (TPSA) is 94.2 Å². The summed E-state index contributed by atoms with van der Waals surface area (Å²) >= 11 is 0. The molecule has 0 aromatic rings. The standard InChI is InChI=1S/C18H28N2O6/c1-4-24-12-6-9-19-15(21)14-13(3)16(22)26-18(14)7-10-20(11-8-18)17(23)25-5-2/h4-12H2,1-3H3,(H,19,21). The quantitative estimate of drug-likeness (QED) is 0.539. The van der Waals surface area contributed by atoms with E-state index in [-0.39, 0.29) is 12.0 Å². The molecular formula is C18H28N2O6. The number of hydrogen-bond donors (Lipinski definition) is 1. The zero-order chi connectivity index (χ0) is 19.2. The van der Waals surface area contributed by atoms with Crippen LogP contribution < -0.4 is 5.32 Å². The summed E-state index contributed by atoms with van der Waals surface area (Å²) in [7, 11) is 0. The van der Waals surface area contributed by atoms with Gasteiger partial charge in [0, 0.05) is 51.3 Å². The molecule has 8 nitrogen and oxygen atoms in total. The summed E-state index contributed by atoms with van der Waals surface area (Å²) in [5.74, 6) is -0.747. The Morgan fingerprint density at radius 1 is 1.23 bits per heavy atom. The number of hydrogen-bond acceptors (Lipinski definition) is 6. The first-order valence-electron chi connectivity index (χ1n) is 9.17. The molecule has 1 spiro atoms. The molecule has 0 saturated carbocycles. The van der Waals surface area contributed by atoms with E-state index in [2.05, 4.69) is 5.32 Å². The van der Waals surface area contributed by atoms with Crippen LogP contribution >= 0.6 is 0 Å². The van der Waals surface area contributed by atoms with Crippen LogP contribution in [0.1, 0.15) is 40.0 Å². The molecule has 0 atom stereocenters. The van der Waals surface area contributed by atoms with Crippen LogP contribution in [0.25, 0.3) is 0 Å². The van der Waals surface area contributed by atoms with Crippen LogP contribution in [-0.4, -0.2) is 67.9 Å². The first kappa shape index (κ1) is 20.2. The van der Waals surface area contributed by atoms with Gasteiger partial charge in [-0.3, -0.25) is 4.79 Å². The second kappa shape index (κ2) is 9.02. The van der Waals surface area contributed by atoms with Crippen LogP contribution in [0.5, 0.6) is 0 Å². The second-order valence-corrected chi connectivity index (χ2v) is 6.38. The van der Waals surface area contributed by atoms with E-state index in [0.717, 1.165) is 0 Å². The molecule has 0 bridgehead atoms. The highest BCUT2D eigenvalue weighted by molar-refractivity contribution is 6.07. The van der Waals surface area contributed by atoms with Gasteiger partial charge in [-0.2, -0.15) is 0 Å². The van der Waals surface area contributed by atoms with Crippen molar-refractivity contribution in [2.45, 2.75) is 45.6 Å². The highest BCUT2D eigenvalue weighted by Crippen LogP contribution is 2.41. The predicted molar refractivity (Wildman–Crippen MR) is 93.5 cm³/mol. The van der Waals surface area contributed by atoms with Gasteiger partial charge in [-0.25, -0.2) is 9.59 Å². The molecule has 26 heavy (non-hydrogen) atoms. The van der Waals surface area contributed by atoms with Crippen molar-refractivity contribution in [2.75, 3.05) is 39.5 Å². The smallest absolute Gasteiger partial charge is 0.409 e. The molecule has 0 aromatic carbocycles. The van der Waals surface area contributed by atoms with E-state index in [9.17, 15) is 14.4 Å². The van der Waals surface area contributed by atoms with E-state index in [1.165, 1.54) is 0 Å². The van der Waals surface area contributed by atoms with E-state index in [1.807, 2.05) is 6.92 Å². The van der Waals surface area contributed by atoms with Crippen molar-refractivity contribution in [1.82, 2.24) is 10.2 Å². The van der Waals surface area contributed by atoms with Crippen LogP contribution in [-0.2, 0) is 23.8 Å². The third kappa shape index (κ3) is 4.35. The Hall–Kier alpha value is -2.09. The fourth-order valence-corrected chi connectivity index (χ4v) is 3.35. The van der Waals surface area contributed by atoms with Gasteiger partial charge in [0.25, 0.3) is 5.91 Å². The number of amides is 2. The number of piperidine rings is 1. The first-order valence-corrected chi connectivity index (χ1v) is 9.17. The monoisotopic (exact) mass is 368 g/mol. The minimum absolute atomic E-state index is 0.283. The number of rotatable bonds is 7. The summed E-state index contributed by atoms with van der Waals surface area (Å²) in [6, 6.07) is 0. The molecule has 2 aliphatic rings. The molecule has 0 aliphatic carbocycles. The van der Waals surface area contributed by atoms with Crippen LogP contribution in [0.4, 0.5) is 4.79 Å². The van der Waals surface area contributed by atoms with Gasteiger partial charge in [-0.15, -0.1) is 0 Å². The van der Waals surface area contributed by atoms with Crippen molar-refractivity contribution in [2.24, 2.45) is 0 Å². The number of nitrogens with one attached hydrogen (secondary N) is 1. The molecular weight excluding hydrogens is 340 g/mol. The van der Waals surface area contributed by atoms with E-state index in [1.54, 1.807) is 18.7 Å². The molecule has 0 unspecified atom stereocenters. The van der Waals surface area contributed by atoms with E-state index in [4.69, 9.17) is 14.2 Å². The Morgan fingerprint density at radius 3 is 2.54 bits per heavy atom. The van der Waals surface area contributed by atoms with E-state index >= 15 is 0 Å². The number of ether oxygens (including phenoxy) is 3. The van der Waals surface area contributed by atoms with Crippen LogP contribution in [0.15, 0.2) is 11.1 Å². The first-order chi connectivity index (χ1) is 12.4. The maximum absolute atomic E-state index is 12.7. The number of nitrogens with zero attached hydrogens (tertiary/aromatic N) is 1. The molecule has 0 aromatic heterocycles. The second-order valence-electron chi connectivity index (χ2n) is 6.38. The SMILES string of the molecule is CCOCCCNC(=O)C1=C(C)C(=O)OC12CCN(C(=O)OCC)CC2. The summed E-state index contributed by atoms with van der Waals surface area (Å²) in [4.78, 5) is 38.2. The third-order valence-corrected chi connectivity index (χ3v) is 4.70. The van der Waals surface area contributed by atoms with Gasteiger partial charge in [0.1, 0.15) is 5.60 Å². The summed E-state index contributed by atoms with van der Waals surface area (Å²) in [6.07, 6.45) is 1.09. The van der Waals surface area contributed by atoms with Crippen molar-refractivity contribution in [3.05, 3.63) is 11.1 Å². The Kier molecular flexibility index (Phi) is 7.02. The zero-order valence-corrected chi connectivity index (χ0v) is 15.8. The highest BCUT2D eigenvalue weighted by atomic mass is 16.6. The number of carbonyl (C=O) groups excluding carboxylic acids is 3. The summed E-state index contributed by atoms with van der Waals surface area (Å²) in [5.41, 5.74) is -0.215. The van der Waals surface area contributed by atoms with Crippen molar-refractivity contribution in [1.29, 1.82) is 0 Å². The maximum Gasteiger partial charge on any atom is 0.409 e. The lowest BCUT2D eigenvalue weighted by Crippen LogP contribution is -2.50. The van der Waals surface area contributed by atoms with Gasteiger partial charge in [0.05, 0.1) is 12.2 Å². The Morgan fingerprint density at radius 2 is 1.92 bits per heavy atom. The molecule has 146 valence electrons. The number of carbonyl (C=O) groups is 3. The fourth-order valence-electron chi connectivity index (χ4n) is 3.35. The summed E-state index contributed by atoms with van der Waals surface area (Å²) in [5, 5.41) is 2.85. The van der Waals surface area contributed by atoms with Crippen molar-refractivity contribution in [3.63, 3.8) is 0 Å². The number of likely N-dealkylation sites (tertiary alicyclic amines) is 1. The largest absolute Gasteiger partial charge is 0.450 e. The lowest BCUT2D eigenvalue weighted by atomic mass is 9.83. The fraction of sp³-hybridized carbons (Fsp3) is 0.722. The lowest BCUT2D eigenvalue weighted by Gasteiger charge is -2.38. The predicted octanol–water partition coefficient (Wildman–Crippen LogP) is 1.39. The van der Waals surface area contributed by atoms with Gasteiger partial charge in [-0.05, 0) is 27.2 Å². The van der Waals surface area contributed by atoms with Gasteiger partial charge < -0.3 is 24.4 Å². The Labute approximate surface area is 153 Å². The van der Waals surface area contributed by atoms with Gasteiger partial charge >= 0.3 is 12.1 Å². The molecule has 2 aliphatic heterocycles. The van der Waals surface area contributed by atoms with Crippen molar-refractivity contribution < 1.29 is 28.6 Å². The van der Waals surface area contributed by atoms with Gasteiger partial charge in [0.2, 0.25) is 0 Å². The van der Waals surface area contributed by atoms with Crippen molar-refractivity contribution >= 4 is 18.0 Å². The normalized spacial score (nSPS) is 18.9. The molecule has 1 N–H and O–H groups in total. The molecule has 2 heterocycles. The van der Waals surface area contributed by atoms with E-state index < -0.39 is 11.6 Å². The van der Waals surface area contributed by atoms with Crippen LogP contribution in [0.3, 0.4) is 0 Å². The van der Waals surface area contributed by atoms with Crippen LogP contribution in [0, 0.1) is 0 Å².